The van der Waals surface area contributed by atoms with Crippen molar-refractivity contribution in [2.24, 2.45) is 5.73 Å². The van der Waals surface area contributed by atoms with Crippen molar-refractivity contribution in [2.75, 3.05) is 0 Å². The van der Waals surface area contributed by atoms with Crippen molar-refractivity contribution in [3.8, 4) is 11.4 Å². The Hall–Kier alpha value is -1.92. The molecule has 0 aliphatic carbocycles. The molecule has 3 N–H and O–H groups in total. The van der Waals surface area contributed by atoms with Crippen molar-refractivity contribution in [3.05, 3.63) is 35.2 Å². The highest BCUT2D eigenvalue weighted by Crippen LogP contribution is 2.18. The summed E-state index contributed by atoms with van der Waals surface area (Å²) in [5.74, 6) is 0.493. The molecule has 1 atom stereocenters. The van der Waals surface area contributed by atoms with E-state index in [9.17, 15) is 4.79 Å². The molecule has 2 aromatic rings. The summed E-state index contributed by atoms with van der Waals surface area (Å²) in [5, 5.41) is 7.05. The largest absolute Gasteiger partial charge is 0.346 e. The van der Waals surface area contributed by atoms with Gasteiger partial charge in [-0.3, -0.25) is 4.79 Å². The third kappa shape index (κ3) is 3.52. The number of hydrogen-bond donors (Lipinski definition) is 2. The molecule has 0 saturated carbocycles. The Morgan fingerprint density at radius 1 is 1.47 bits per heavy atom. The summed E-state index contributed by atoms with van der Waals surface area (Å²) in [7, 11) is 0. The standard InChI is InChI=1S/C12H13ClN4O2/c1-7(14)12(18)15-6-10-16-11(17-19-10)8-2-4-9(13)5-3-8/h2-5,7H,6,14H2,1H3,(H,15,18)/t7-/m1/s1. The summed E-state index contributed by atoms with van der Waals surface area (Å²) in [4.78, 5) is 15.5. The van der Waals surface area contributed by atoms with Crippen molar-refractivity contribution in [1.29, 1.82) is 0 Å². The maximum atomic E-state index is 11.3. The Morgan fingerprint density at radius 2 is 2.16 bits per heavy atom. The summed E-state index contributed by atoms with van der Waals surface area (Å²) in [6.45, 7) is 1.75. The minimum absolute atomic E-state index is 0.154. The Labute approximate surface area is 114 Å². The van der Waals surface area contributed by atoms with Crippen LogP contribution in [0.4, 0.5) is 0 Å². The van der Waals surface area contributed by atoms with Crippen LogP contribution >= 0.6 is 11.6 Å². The summed E-state index contributed by atoms with van der Waals surface area (Å²) in [6.07, 6.45) is 0. The van der Waals surface area contributed by atoms with Crippen LogP contribution in [0.3, 0.4) is 0 Å². The first-order chi connectivity index (χ1) is 9.06. The number of carbonyl (C=O) groups excluding carboxylic acids is 1. The Balaban J connectivity index is 2.03. The maximum Gasteiger partial charge on any atom is 0.246 e. The third-order valence-corrected chi connectivity index (χ3v) is 2.65. The van der Waals surface area contributed by atoms with Crippen LogP contribution < -0.4 is 11.1 Å². The number of nitrogens with one attached hydrogen (secondary N) is 1. The van der Waals surface area contributed by atoms with Crippen LogP contribution in [0.2, 0.25) is 5.02 Å². The highest BCUT2D eigenvalue weighted by molar-refractivity contribution is 6.30. The fourth-order valence-electron chi connectivity index (χ4n) is 1.37. The van der Waals surface area contributed by atoms with Crippen molar-refractivity contribution in [1.82, 2.24) is 15.5 Å². The van der Waals surface area contributed by atoms with E-state index in [2.05, 4.69) is 15.5 Å². The van der Waals surface area contributed by atoms with Gasteiger partial charge in [0, 0.05) is 10.6 Å². The fraction of sp³-hybridized carbons (Fsp3) is 0.250. The van der Waals surface area contributed by atoms with Crippen LogP contribution in [0.1, 0.15) is 12.8 Å². The number of nitrogens with zero attached hydrogens (tertiary/aromatic N) is 2. The second-order valence-electron chi connectivity index (χ2n) is 4.03. The van der Waals surface area contributed by atoms with Gasteiger partial charge >= 0.3 is 0 Å². The SMILES string of the molecule is C[C@@H](N)C(=O)NCc1nc(-c2ccc(Cl)cc2)no1. The first-order valence-electron chi connectivity index (χ1n) is 5.68. The van der Waals surface area contributed by atoms with Gasteiger partial charge in [-0.05, 0) is 31.2 Å². The molecule has 19 heavy (non-hydrogen) atoms. The zero-order chi connectivity index (χ0) is 13.8. The smallest absolute Gasteiger partial charge is 0.246 e. The molecule has 0 aliphatic rings. The van der Waals surface area contributed by atoms with Crippen molar-refractivity contribution in [3.63, 3.8) is 0 Å². The molecule has 1 heterocycles. The van der Waals surface area contributed by atoms with Gasteiger partial charge in [-0.2, -0.15) is 4.98 Å². The van der Waals surface area contributed by atoms with Crippen molar-refractivity contribution in [2.45, 2.75) is 19.5 Å². The molecule has 0 aliphatic heterocycles. The normalized spacial score (nSPS) is 12.2. The second kappa shape index (κ2) is 5.81. The van der Waals surface area contributed by atoms with Crippen LogP contribution in [-0.4, -0.2) is 22.1 Å². The quantitative estimate of drug-likeness (QED) is 0.882. The fourth-order valence-corrected chi connectivity index (χ4v) is 1.49. The van der Waals surface area contributed by atoms with Gasteiger partial charge in [-0.25, -0.2) is 0 Å². The van der Waals surface area contributed by atoms with Crippen LogP contribution in [0.5, 0.6) is 0 Å². The van der Waals surface area contributed by atoms with E-state index in [-0.39, 0.29) is 12.5 Å². The number of carbonyl (C=O) groups is 1. The van der Waals surface area contributed by atoms with Crippen molar-refractivity contribution >= 4 is 17.5 Å². The molecule has 0 unspecified atom stereocenters. The molecule has 1 aromatic carbocycles. The van der Waals surface area contributed by atoms with E-state index in [1.54, 1.807) is 31.2 Å². The molecule has 100 valence electrons. The molecule has 1 amide bonds. The van der Waals surface area contributed by atoms with Gasteiger partial charge in [-0.15, -0.1) is 0 Å². The molecule has 0 fully saturated rings. The lowest BCUT2D eigenvalue weighted by Crippen LogP contribution is -2.37. The van der Waals surface area contributed by atoms with Crippen LogP contribution in [0.15, 0.2) is 28.8 Å². The maximum absolute atomic E-state index is 11.3. The molecule has 6 nitrogen and oxygen atoms in total. The van der Waals surface area contributed by atoms with E-state index in [0.717, 1.165) is 5.56 Å². The number of halogens is 1. The number of amides is 1. The van der Waals surface area contributed by atoms with Crippen LogP contribution in [-0.2, 0) is 11.3 Å². The van der Waals surface area contributed by atoms with E-state index in [0.29, 0.717) is 16.7 Å². The number of hydrogen-bond acceptors (Lipinski definition) is 5. The van der Waals surface area contributed by atoms with Crippen LogP contribution in [0, 0.1) is 0 Å². The molecule has 2 rings (SSSR count). The zero-order valence-electron chi connectivity index (χ0n) is 10.3. The Bertz CT molecular complexity index is 565. The highest BCUT2D eigenvalue weighted by Gasteiger charge is 2.11. The predicted octanol–water partition coefficient (Wildman–Crippen LogP) is 1.35. The van der Waals surface area contributed by atoms with E-state index in [1.807, 2.05) is 0 Å². The molecular formula is C12H13ClN4O2. The predicted molar refractivity (Wildman–Crippen MR) is 70.2 cm³/mol. The number of aromatic nitrogens is 2. The second-order valence-corrected chi connectivity index (χ2v) is 4.46. The van der Waals surface area contributed by atoms with E-state index in [4.69, 9.17) is 21.9 Å². The molecule has 1 aromatic heterocycles. The monoisotopic (exact) mass is 280 g/mol. The molecule has 0 saturated heterocycles. The van der Waals surface area contributed by atoms with Gasteiger partial charge in [0.2, 0.25) is 17.6 Å². The van der Waals surface area contributed by atoms with Gasteiger partial charge in [0.1, 0.15) is 0 Å². The average molecular weight is 281 g/mol. The van der Waals surface area contributed by atoms with E-state index < -0.39 is 6.04 Å². The summed E-state index contributed by atoms with van der Waals surface area (Å²) < 4.78 is 5.03. The summed E-state index contributed by atoms with van der Waals surface area (Å²) in [6, 6.07) is 6.49. The topological polar surface area (TPSA) is 94.0 Å². The van der Waals surface area contributed by atoms with Gasteiger partial charge in [0.25, 0.3) is 0 Å². The minimum atomic E-state index is -0.571. The minimum Gasteiger partial charge on any atom is -0.346 e. The lowest BCUT2D eigenvalue weighted by atomic mass is 10.2. The lowest BCUT2D eigenvalue weighted by molar-refractivity contribution is -0.122. The number of benzene rings is 1. The van der Waals surface area contributed by atoms with Gasteiger partial charge < -0.3 is 15.6 Å². The average Bonchev–Trinajstić information content (AvgIpc) is 2.85. The van der Waals surface area contributed by atoms with Crippen molar-refractivity contribution < 1.29 is 9.32 Å². The lowest BCUT2D eigenvalue weighted by Gasteiger charge is -2.03. The summed E-state index contributed by atoms with van der Waals surface area (Å²) >= 11 is 5.79. The highest BCUT2D eigenvalue weighted by atomic mass is 35.5. The van der Waals surface area contributed by atoms with Gasteiger partial charge in [-0.1, -0.05) is 16.8 Å². The Kier molecular flexibility index (Phi) is 4.13. The Morgan fingerprint density at radius 3 is 2.79 bits per heavy atom. The number of rotatable bonds is 4. The van der Waals surface area contributed by atoms with Crippen LogP contribution in [0.25, 0.3) is 11.4 Å². The summed E-state index contributed by atoms with van der Waals surface area (Å²) in [5.41, 5.74) is 6.21. The molecule has 0 radical (unpaired) electrons. The molecular weight excluding hydrogens is 268 g/mol. The van der Waals surface area contributed by atoms with E-state index >= 15 is 0 Å². The number of nitrogens with two attached hydrogens (primary N) is 1. The zero-order valence-corrected chi connectivity index (χ0v) is 11.0. The first kappa shape index (κ1) is 13.5. The molecule has 7 heteroatoms. The van der Waals surface area contributed by atoms with Gasteiger partial charge in [0.15, 0.2) is 0 Å². The van der Waals surface area contributed by atoms with E-state index in [1.165, 1.54) is 0 Å². The van der Waals surface area contributed by atoms with Gasteiger partial charge in [0.05, 0.1) is 12.6 Å². The molecule has 0 bridgehead atoms. The molecule has 0 spiro atoms. The first-order valence-corrected chi connectivity index (χ1v) is 6.06. The third-order valence-electron chi connectivity index (χ3n) is 2.40.